The van der Waals surface area contributed by atoms with Crippen LogP contribution in [0.4, 0.5) is 5.69 Å². The van der Waals surface area contributed by atoms with Crippen molar-refractivity contribution in [2.75, 3.05) is 12.3 Å². The molecule has 0 fully saturated rings. The molecule has 0 aliphatic rings. The number of nitrogen functional groups attached to an aromatic ring is 1. The molecule has 4 N–H and O–H groups in total. The average molecular weight is 215 g/mol. The Morgan fingerprint density at radius 1 is 1.19 bits per heavy atom. The van der Waals surface area contributed by atoms with E-state index in [1.807, 2.05) is 30.6 Å². The molecular formula is C13H17N3. The number of aromatic nitrogens is 1. The van der Waals surface area contributed by atoms with Gasteiger partial charge < -0.3 is 16.0 Å². The highest BCUT2D eigenvalue weighted by Crippen LogP contribution is 2.05. The van der Waals surface area contributed by atoms with E-state index in [0.29, 0.717) is 0 Å². The number of aromatic amines is 1. The first-order valence-corrected chi connectivity index (χ1v) is 5.51. The lowest BCUT2D eigenvalue weighted by molar-refractivity contribution is 0.687. The monoisotopic (exact) mass is 215 g/mol. The van der Waals surface area contributed by atoms with Gasteiger partial charge in [0.05, 0.1) is 0 Å². The molecule has 84 valence electrons. The van der Waals surface area contributed by atoms with E-state index in [-0.39, 0.29) is 0 Å². The zero-order chi connectivity index (χ0) is 11.2. The highest BCUT2D eigenvalue weighted by atomic mass is 14.8. The standard InChI is InChI=1S/C13H17N3/c14-13-3-1-2-12(8-13)10-16-7-5-11-4-6-15-9-11/h1-4,6,8-9,15-16H,5,7,10,14H2. The summed E-state index contributed by atoms with van der Waals surface area (Å²) in [6.45, 7) is 1.85. The molecule has 0 radical (unpaired) electrons. The summed E-state index contributed by atoms with van der Waals surface area (Å²) in [4.78, 5) is 3.05. The Bertz CT molecular complexity index is 421. The van der Waals surface area contributed by atoms with Crippen molar-refractivity contribution in [1.29, 1.82) is 0 Å². The lowest BCUT2D eigenvalue weighted by Crippen LogP contribution is -2.16. The van der Waals surface area contributed by atoms with Crippen molar-refractivity contribution >= 4 is 5.69 Å². The molecule has 0 aliphatic heterocycles. The van der Waals surface area contributed by atoms with Crippen LogP contribution >= 0.6 is 0 Å². The van der Waals surface area contributed by atoms with Gasteiger partial charge in [0.2, 0.25) is 0 Å². The highest BCUT2D eigenvalue weighted by molar-refractivity contribution is 5.40. The maximum atomic E-state index is 5.71. The van der Waals surface area contributed by atoms with Gasteiger partial charge in [-0.3, -0.25) is 0 Å². The molecule has 1 aromatic heterocycles. The molecule has 0 unspecified atom stereocenters. The number of nitrogens with one attached hydrogen (secondary N) is 2. The third-order valence-electron chi connectivity index (χ3n) is 2.53. The summed E-state index contributed by atoms with van der Waals surface area (Å²) in [5.41, 5.74) is 9.10. The molecule has 3 nitrogen and oxygen atoms in total. The molecule has 1 heterocycles. The van der Waals surface area contributed by atoms with Gasteiger partial charge in [-0.1, -0.05) is 12.1 Å². The molecular weight excluding hydrogens is 198 g/mol. The van der Waals surface area contributed by atoms with Crippen LogP contribution in [0, 0.1) is 0 Å². The zero-order valence-electron chi connectivity index (χ0n) is 9.24. The molecule has 0 saturated heterocycles. The normalized spacial score (nSPS) is 10.5. The van der Waals surface area contributed by atoms with Crippen LogP contribution in [0.5, 0.6) is 0 Å². The van der Waals surface area contributed by atoms with E-state index < -0.39 is 0 Å². The number of rotatable bonds is 5. The van der Waals surface area contributed by atoms with Crippen molar-refractivity contribution in [3.8, 4) is 0 Å². The van der Waals surface area contributed by atoms with Crippen LogP contribution in [0.3, 0.4) is 0 Å². The van der Waals surface area contributed by atoms with Crippen molar-refractivity contribution in [1.82, 2.24) is 10.3 Å². The van der Waals surface area contributed by atoms with Crippen LogP contribution in [0.25, 0.3) is 0 Å². The third-order valence-corrected chi connectivity index (χ3v) is 2.53. The molecule has 0 amide bonds. The Kier molecular flexibility index (Phi) is 3.62. The number of benzene rings is 1. The van der Waals surface area contributed by atoms with Gasteiger partial charge in [0.1, 0.15) is 0 Å². The largest absolute Gasteiger partial charge is 0.399 e. The van der Waals surface area contributed by atoms with Gasteiger partial charge in [-0.05, 0) is 42.3 Å². The van der Waals surface area contributed by atoms with Crippen molar-refractivity contribution in [3.05, 3.63) is 53.9 Å². The van der Waals surface area contributed by atoms with Gasteiger partial charge >= 0.3 is 0 Å². The molecule has 0 spiro atoms. The number of hydrogen-bond acceptors (Lipinski definition) is 2. The second kappa shape index (κ2) is 5.37. The minimum Gasteiger partial charge on any atom is -0.399 e. The summed E-state index contributed by atoms with van der Waals surface area (Å²) in [6, 6.07) is 10.1. The van der Waals surface area contributed by atoms with E-state index in [0.717, 1.165) is 25.2 Å². The van der Waals surface area contributed by atoms with Crippen molar-refractivity contribution in [3.63, 3.8) is 0 Å². The molecule has 2 rings (SSSR count). The Hall–Kier alpha value is -1.74. The molecule has 0 atom stereocenters. The lowest BCUT2D eigenvalue weighted by Gasteiger charge is -2.04. The second-order valence-electron chi connectivity index (χ2n) is 3.89. The Morgan fingerprint density at radius 3 is 2.88 bits per heavy atom. The predicted molar refractivity (Wildman–Crippen MR) is 67.1 cm³/mol. The molecule has 0 saturated carbocycles. The fourth-order valence-electron chi connectivity index (χ4n) is 1.68. The van der Waals surface area contributed by atoms with Gasteiger partial charge in [0.15, 0.2) is 0 Å². The van der Waals surface area contributed by atoms with Gasteiger partial charge in [-0.15, -0.1) is 0 Å². The minimum absolute atomic E-state index is 0.824. The first kappa shape index (κ1) is 10.8. The summed E-state index contributed by atoms with van der Waals surface area (Å²) >= 11 is 0. The van der Waals surface area contributed by atoms with Crippen molar-refractivity contribution < 1.29 is 0 Å². The van der Waals surface area contributed by atoms with Crippen LogP contribution in [-0.4, -0.2) is 11.5 Å². The molecule has 1 aromatic carbocycles. The van der Waals surface area contributed by atoms with Gasteiger partial charge in [0.25, 0.3) is 0 Å². The number of H-pyrrole nitrogens is 1. The number of hydrogen-bond donors (Lipinski definition) is 3. The summed E-state index contributed by atoms with van der Waals surface area (Å²) in [6.07, 6.45) is 5.03. The van der Waals surface area contributed by atoms with E-state index in [2.05, 4.69) is 22.4 Å². The van der Waals surface area contributed by atoms with Gasteiger partial charge in [-0.25, -0.2) is 0 Å². The fourth-order valence-corrected chi connectivity index (χ4v) is 1.68. The van der Waals surface area contributed by atoms with E-state index in [1.54, 1.807) is 0 Å². The predicted octanol–water partition coefficient (Wildman–Crippen LogP) is 1.93. The number of anilines is 1. The van der Waals surface area contributed by atoms with Gasteiger partial charge in [0, 0.05) is 24.6 Å². The molecule has 0 aliphatic carbocycles. The Morgan fingerprint density at radius 2 is 2.12 bits per heavy atom. The van der Waals surface area contributed by atoms with Crippen LogP contribution < -0.4 is 11.1 Å². The summed E-state index contributed by atoms with van der Waals surface area (Å²) in [7, 11) is 0. The van der Waals surface area contributed by atoms with Crippen LogP contribution in [0.2, 0.25) is 0 Å². The zero-order valence-corrected chi connectivity index (χ0v) is 9.24. The third kappa shape index (κ3) is 3.14. The molecule has 3 heteroatoms. The summed E-state index contributed by atoms with van der Waals surface area (Å²) < 4.78 is 0. The lowest BCUT2D eigenvalue weighted by atomic mass is 10.2. The summed E-state index contributed by atoms with van der Waals surface area (Å²) in [5, 5.41) is 3.40. The Balaban J connectivity index is 1.72. The average Bonchev–Trinajstić information content (AvgIpc) is 2.77. The van der Waals surface area contributed by atoms with Crippen LogP contribution in [0.1, 0.15) is 11.1 Å². The second-order valence-corrected chi connectivity index (χ2v) is 3.89. The van der Waals surface area contributed by atoms with E-state index >= 15 is 0 Å². The molecule has 0 bridgehead atoms. The maximum Gasteiger partial charge on any atom is 0.0317 e. The van der Waals surface area contributed by atoms with E-state index in [1.165, 1.54) is 11.1 Å². The highest BCUT2D eigenvalue weighted by Gasteiger charge is 1.94. The van der Waals surface area contributed by atoms with E-state index in [9.17, 15) is 0 Å². The van der Waals surface area contributed by atoms with E-state index in [4.69, 9.17) is 5.73 Å². The van der Waals surface area contributed by atoms with Gasteiger partial charge in [-0.2, -0.15) is 0 Å². The maximum absolute atomic E-state index is 5.71. The minimum atomic E-state index is 0.824. The first-order chi connectivity index (χ1) is 7.84. The van der Waals surface area contributed by atoms with Crippen LogP contribution in [0.15, 0.2) is 42.7 Å². The Labute approximate surface area is 95.7 Å². The SMILES string of the molecule is Nc1cccc(CNCCc2cc[nH]c2)c1. The smallest absolute Gasteiger partial charge is 0.0317 e. The first-order valence-electron chi connectivity index (χ1n) is 5.51. The van der Waals surface area contributed by atoms with Crippen molar-refractivity contribution in [2.24, 2.45) is 0 Å². The quantitative estimate of drug-likeness (QED) is 0.527. The fraction of sp³-hybridized carbons (Fsp3) is 0.231. The topological polar surface area (TPSA) is 53.8 Å². The summed E-state index contributed by atoms with van der Waals surface area (Å²) in [5.74, 6) is 0. The van der Waals surface area contributed by atoms with Crippen molar-refractivity contribution in [2.45, 2.75) is 13.0 Å². The molecule has 16 heavy (non-hydrogen) atoms. The van der Waals surface area contributed by atoms with Crippen LogP contribution in [-0.2, 0) is 13.0 Å². The number of nitrogens with two attached hydrogens (primary N) is 1. The molecule has 2 aromatic rings.